The Hall–Kier alpha value is -3.09. The normalized spacial score (nSPS) is 13.5. The van der Waals surface area contributed by atoms with Crippen LogP contribution in [0.15, 0.2) is 42.5 Å². The maximum Gasteiger partial charge on any atom is 0.293 e. The van der Waals surface area contributed by atoms with Crippen LogP contribution >= 0.6 is 0 Å². The number of benzene rings is 2. The van der Waals surface area contributed by atoms with E-state index in [1.807, 2.05) is 11.8 Å². The van der Waals surface area contributed by atoms with Gasteiger partial charge in [0, 0.05) is 30.4 Å². The van der Waals surface area contributed by atoms with Gasteiger partial charge >= 0.3 is 0 Å². The van der Waals surface area contributed by atoms with Crippen LogP contribution in [0.3, 0.4) is 0 Å². The zero-order chi connectivity index (χ0) is 18.5. The van der Waals surface area contributed by atoms with E-state index in [1.54, 1.807) is 36.4 Å². The lowest BCUT2D eigenvalue weighted by Gasteiger charge is -2.17. The predicted molar refractivity (Wildman–Crippen MR) is 100 cm³/mol. The molecule has 0 radical (unpaired) electrons. The van der Waals surface area contributed by atoms with Crippen molar-refractivity contribution in [2.75, 3.05) is 29.9 Å². The van der Waals surface area contributed by atoms with Gasteiger partial charge in [0.15, 0.2) is 0 Å². The summed E-state index contributed by atoms with van der Waals surface area (Å²) in [4.78, 5) is 25.5. The maximum atomic E-state index is 12.5. The standard InChI is InChI=1S/C19H21N3O4/c1-2-26-16-8-6-15(7-9-16)20-19(23)14-5-10-17(18(13-14)22(24)25)21-11-3-4-12-21/h5-10,13H,2-4,11-12H2,1H3,(H,20,23). The second kappa shape index (κ2) is 7.86. The van der Waals surface area contributed by atoms with Gasteiger partial charge < -0.3 is 15.0 Å². The van der Waals surface area contributed by atoms with E-state index in [4.69, 9.17) is 4.74 Å². The van der Waals surface area contributed by atoms with Crippen molar-refractivity contribution in [2.45, 2.75) is 19.8 Å². The fourth-order valence-electron chi connectivity index (χ4n) is 3.04. The number of anilines is 2. The van der Waals surface area contributed by atoms with Crippen molar-refractivity contribution < 1.29 is 14.5 Å². The van der Waals surface area contributed by atoms with E-state index >= 15 is 0 Å². The zero-order valence-corrected chi connectivity index (χ0v) is 14.6. The highest BCUT2D eigenvalue weighted by Crippen LogP contribution is 2.32. The minimum Gasteiger partial charge on any atom is -0.494 e. The summed E-state index contributed by atoms with van der Waals surface area (Å²) >= 11 is 0. The van der Waals surface area contributed by atoms with Crippen LogP contribution in [0.1, 0.15) is 30.1 Å². The number of nitro groups is 1. The molecule has 26 heavy (non-hydrogen) atoms. The number of amides is 1. The molecule has 0 aromatic heterocycles. The number of ether oxygens (including phenoxy) is 1. The lowest BCUT2D eigenvalue weighted by atomic mass is 10.1. The Balaban J connectivity index is 1.78. The topological polar surface area (TPSA) is 84.7 Å². The summed E-state index contributed by atoms with van der Waals surface area (Å²) in [5.41, 5.74) is 1.40. The molecular formula is C19H21N3O4. The summed E-state index contributed by atoms with van der Waals surface area (Å²) in [6.45, 7) is 4.07. The van der Waals surface area contributed by atoms with E-state index < -0.39 is 4.92 Å². The number of nitrogens with zero attached hydrogens (tertiary/aromatic N) is 2. The fraction of sp³-hybridized carbons (Fsp3) is 0.316. The van der Waals surface area contributed by atoms with Gasteiger partial charge in [-0.25, -0.2) is 0 Å². The number of nitro benzene ring substituents is 1. The van der Waals surface area contributed by atoms with Gasteiger partial charge in [0.2, 0.25) is 0 Å². The average Bonchev–Trinajstić information content (AvgIpc) is 3.17. The first-order chi connectivity index (χ1) is 12.6. The summed E-state index contributed by atoms with van der Waals surface area (Å²) in [5, 5.41) is 14.2. The summed E-state index contributed by atoms with van der Waals surface area (Å²) in [5.74, 6) is 0.335. The monoisotopic (exact) mass is 355 g/mol. The van der Waals surface area contributed by atoms with Gasteiger partial charge in [0.05, 0.1) is 11.5 Å². The lowest BCUT2D eigenvalue weighted by Crippen LogP contribution is -2.19. The number of nitrogens with one attached hydrogen (secondary N) is 1. The molecule has 0 aliphatic carbocycles. The lowest BCUT2D eigenvalue weighted by molar-refractivity contribution is -0.384. The van der Waals surface area contributed by atoms with Crippen LogP contribution in [0.25, 0.3) is 0 Å². The van der Waals surface area contributed by atoms with Crippen LogP contribution in [-0.4, -0.2) is 30.5 Å². The summed E-state index contributed by atoms with van der Waals surface area (Å²) < 4.78 is 5.36. The quantitative estimate of drug-likeness (QED) is 0.628. The summed E-state index contributed by atoms with van der Waals surface area (Å²) in [6, 6.07) is 11.6. The molecule has 2 aromatic carbocycles. The van der Waals surface area contributed by atoms with Crippen LogP contribution in [-0.2, 0) is 0 Å². The van der Waals surface area contributed by atoms with Gasteiger partial charge in [-0.15, -0.1) is 0 Å². The molecule has 136 valence electrons. The average molecular weight is 355 g/mol. The van der Waals surface area contributed by atoms with E-state index in [1.165, 1.54) is 6.07 Å². The van der Waals surface area contributed by atoms with Gasteiger partial charge in [-0.3, -0.25) is 14.9 Å². The third kappa shape index (κ3) is 3.93. The first kappa shape index (κ1) is 17.7. The van der Waals surface area contributed by atoms with Crippen molar-refractivity contribution in [1.29, 1.82) is 0 Å². The second-order valence-corrected chi connectivity index (χ2v) is 6.07. The Morgan fingerprint density at radius 1 is 1.19 bits per heavy atom. The predicted octanol–water partition coefficient (Wildman–Crippen LogP) is 3.85. The molecule has 7 nitrogen and oxygen atoms in total. The molecule has 7 heteroatoms. The molecule has 1 amide bonds. The molecule has 1 aliphatic heterocycles. The molecule has 0 unspecified atom stereocenters. The number of carbonyl (C=O) groups is 1. The van der Waals surface area contributed by atoms with Gasteiger partial charge in [-0.2, -0.15) is 0 Å². The molecule has 1 heterocycles. The van der Waals surface area contributed by atoms with E-state index in [0.717, 1.165) is 31.7 Å². The molecular weight excluding hydrogens is 334 g/mol. The Bertz CT molecular complexity index is 799. The number of hydrogen-bond donors (Lipinski definition) is 1. The van der Waals surface area contributed by atoms with Crippen molar-refractivity contribution in [3.05, 3.63) is 58.1 Å². The summed E-state index contributed by atoms with van der Waals surface area (Å²) in [7, 11) is 0. The van der Waals surface area contributed by atoms with Gasteiger partial charge in [-0.05, 0) is 56.2 Å². The fourth-order valence-corrected chi connectivity index (χ4v) is 3.04. The molecule has 3 rings (SSSR count). The van der Waals surface area contributed by atoms with E-state index in [9.17, 15) is 14.9 Å². The number of carbonyl (C=O) groups excluding carboxylic acids is 1. The highest BCUT2D eigenvalue weighted by Gasteiger charge is 2.23. The largest absolute Gasteiger partial charge is 0.494 e. The molecule has 0 atom stereocenters. The highest BCUT2D eigenvalue weighted by atomic mass is 16.6. The highest BCUT2D eigenvalue weighted by molar-refractivity contribution is 6.05. The van der Waals surface area contributed by atoms with Crippen molar-refractivity contribution in [1.82, 2.24) is 0 Å². The van der Waals surface area contributed by atoms with Gasteiger partial charge in [0.25, 0.3) is 11.6 Å². The SMILES string of the molecule is CCOc1ccc(NC(=O)c2ccc(N3CCCC3)c([N+](=O)[O-])c2)cc1. The minimum atomic E-state index is -0.429. The third-order valence-corrected chi connectivity index (χ3v) is 4.30. The van der Waals surface area contributed by atoms with Crippen LogP contribution in [0.4, 0.5) is 17.1 Å². The molecule has 1 saturated heterocycles. The molecule has 0 spiro atoms. The molecule has 0 bridgehead atoms. The first-order valence-corrected chi connectivity index (χ1v) is 8.66. The smallest absolute Gasteiger partial charge is 0.293 e. The van der Waals surface area contributed by atoms with E-state index in [2.05, 4.69) is 5.32 Å². The molecule has 2 aromatic rings. The molecule has 1 N–H and O–H groups in total. The van der Waals surface area contributed by atoms with Crippen LogP contribution in [0.2, 0.25) is 0 Å². The Kier molecular flexibility index (Phi) is 5.36. The zero-order valence-electron chi connectivity index (χ0n) is 14.6. The molecule has 1 fully saturated rings. The van der Waals surface area contributed by atoms with Crippen LogP contribution in [0.5, 0.6) is 5.75 Å². The maximum absolute atomic E-state index is 12.5. The van der Waals surface area contributed by atoms with E-state index in [-0.39, 0.29) is 17.2 Å². The van der Waals surface area contributed by atoms with Crippen molar-refractivity contribution >= 4 is 23.0 Å². The van der Waals surface area contributed by atoms with E-state index in [0.29, 0.717) is 18.0 Å². The van der Waals surface area contributed by atoms with Gasteiger partial charge in [-0.1, -0.05) is 0 Å². The van der Waals surface area contributed by atoms with Crippen molar-refractivity contribution in [3.8, 4) is 5.75 Å². The first-order valence-electron chi connectivity index (χ1n) is 8.66. The van der Waals surface area contributed by atoms with Crippen LogP contribution < -0.4 is 15.0 Å². The number of rotatable bonds is 6. The Morgan fingerprint density at radius 3 is 2.50 bits per heavy atom. The van der Waals surface area contributed by atoms with Gasteiger partial charge in [0.1, 0.15) is 11.4 Å². The van der Waals surface area contributed by atoms with Crippen LogP contribution in [0, 0.1) is 10.1 Å². The third-order valence-electron chi connectivity index (χ3n) is 4.30. The second-order valence-electron chi connectivity index (χ2n) is 6.07. The minimum absolute atomic E-state index is 0.0359. The molecule has 1 aliphatic rings. The number of hydrogen-bond acceptors (Lipinski definition) is 5. The Labute approximate surface area is 151 Å². The summed E-state index contributed by atoms with van der Waals surface area (Å²) in [6.07, 6.45) is 2.05. The Morgan fingerprint density at radius 2 is 1.88 bits per heavy atom. The van der Waals surface area contributed by atoms with Crippen molar-refractivity contribution in [2.24, 2.45) is 0 Å². The van der Waals surface area contributed by atoms with Crippen molar-refractivity contribution in [3.63, 3.8) is 0 Å². The molecule has 0 saturated carbocycles.